The second-order valence-corrected chi connectivity index (χ2v) is 7.80. The van der Waals surface area contributed by atoms with E-state index in [1.165, 1.54) is 12.3 Å². The lowest BCUT2D eigenvalue weighted by Crippen LogP contribution is -2.07. The molecule has 0 aliphatic carbocycles. The quantitative estimate of drug-likeness (QED) is 0.330. The van der Waals surface area contributed by atoms with E-state index in [0.717, 1.165) is 45.1 Å². The Hall–Kier alpha value is -4.53. The molecule has 0 aliphatic rings. The van der Waals surface area contributed by atoms with Gasteiger partial charge >= 0.3 is 6.18 Å². The van der Waals surface area contributed by atoms with Gasteiger partial charge < -0.3 is 9.97 Å². The smallest absolute Gasteiger partial charge is 0.338 e. The molecule has 9 heteroatoms. The maximum absolute atomic E-state index is 12.8. The summed E-state index contributed by atoms with van der Waals surface area (Å²) in [7, 11) is 0. The summed E-state index contributed by atoms with van der Waals surface area (Å²) in [6, 6.07) is 17.9. The molecule has 6 nitrogen and oxygen atoms in total. The number of rotatable bonds is 3. The molecule has 0 atom stereocenters. The normalized spacial score (nSPS) is 12.0. The Morgan fingerprint density at radius 1 is 0.618 bits per heavy atom. The van der Waals surface area contributed by atoms with Crippen molar-refractivity contribution in [2.45, 2.75) is 6.18 Å². The van der Waals surface area contributed by atoms with Gasteiger partial charge in [-0.25, -0.2) is 9.97 Å². The van der Waals surface area contributed by atoms with Gasteiger partial charge in [-0.15, -0.1) is 0 Å². The van der Waals surface area contributed by atoms with Crippen LogP contribution < -0.4 is 0 Å². The van der Waals surface area contributed by atoms with Crippen LogP contribution in [0.4, 0.5) is 13.2 Å². The third-order valence-corrected chi connectivity index (χ3v) is 5.58. The molecule has 0 saturated carbocycles. The molecule has 4 heterocycles. The number of nitrogens with one attached hydrogen (secondary N) is 2. The summed E-state index contributed by atoms with van der Waals surface area (Å²) in [5.74, 6) is 1.23. The molecule has 2 N–H and O–H groups in total. The standard InChI is InChI=1S/C25H15F3N6/c26-25(27,28)22-6-3-17(13-30-22)24-32-19-5-2-16(12-21(19)34-24)15-1-4-18-20(11-15)33-23(31-18)14-7-9-29-10-8-14/h1-13H,(H,31,33)(H,32,34). The summed E-state index contributed by atoms with van der Waals surface area (Å²) in [6.07, 6.45) is 0.148. The van der Waals surface area contributed by atoms with Crippen LogP contribution in [0.5, 0.6) is 0 Å². The fraction of sp³-hybridized carbons (Fsp3) is 0.0400. The molecule has 0 amide bonds. The van der Waals surface area contributed by atoms with Crippen molar-refractivity contribution in [3.05, 3.63) is 84.9 Å². The second-order valence-electron chi connectivity index (χ2n) is 7.80. The number of alkyl halides is 3. The van der Waals surface area contributed by atoms with E-state index in [1.54, 1.807) is 12.4 Å². The van der Waals surface area contributed by atoms with Crippen molar-refractivity contribution in [1.82, 2.24) is 29.9 Å². The third kappa shape index (κ3) is 3.57. The van der Waals surface area contributed by atoms with Gasteiger partial charge in [-0.3, -0.25) is 9.97 Å². The monoisotopic (exact) mass is 456 g/mol. The molecule has 6 rings (SSSR count). The average Bonchev–Trinajstić information content (AvgIpc) is 3.47. The number of hydrogen-bond donors (Lipinski definition) is 2. The van der Waals surface area contributed by atoms with E-state index in [0.29, 0.717) is 16.9 Å². The Kier molecular flexibility index (Phi) is 4.44. The molecule has 0 spiro atoms. The zero-order valence-electron chi connectivity index (χ0n) is 17.4. The Bertz CT molecular complexity index is 1630. The first-order valence-electron chi connectivity index (χ1n) is 10.4. The number of halogens is 3. The van der Waals surface area contributed by atoms with Crippen molar-refractivity contribution in [3.63, 3.8) is 0 Å². The van der Waals surface area contributed by atoms with Crippen molar-refractivity contribution >= 4 is 22.1 Å². The number of fused-ring (bicyclic) bond motifs is 2. The summed E-state index contributed by atoms with van der Waals surface area (Å²) in [5.41, 5.74) is 5.71. The van der Waals surface area contributed by atoms with Gasteiger partial charge in [-0.05, 0) is 59.7 Å². The van der Waals surface area contributed by atoms with E-state index >= 15 is 0 Å². The maximum Gasteiger partial charge on any atom is 0.433 e. The first-order chi connectivity index (χ1) is 16.4. The van der Waals surface area contributed by atoms with E-state index in [9.17, 15) is 13.2 Å². The zero-order valence-corrected chi connectivity index (χ0v) is 17.4. The molecule has 0 radical (unpaired) electrons. The molecular weight excluding hydrogens is 441 g/mol. The van der Waals surface area contributed by atoms with E-state index in [-0.39, 0.29) is 0 Å². The van der Waals surface area contributed by atoms with Crippen LogP contribution >= 0.6 is 0 Å². The zero-order chi connectivity index (χ0) is 23.3. The molecule has 0 aliphatic heterocycles. The van der Waals surface area contributed by atoms with Gasteiger partial charge in [-0.1, -0.05) is 12.1 Å². The number of aromatic nitrogens is 6. The van der Waals surface area contributed by atoms with Crippen molar-refractivity contribution in [1.29, 1.82) is 0 Å². The molecule has 0 unspecified atom stereocenters. The Morgan fingerprint density at radius 2 is 1.18 bits per heavy atom. The van der Waals surface area contributed by atoms with Crippen LogP contribution in [-0.2, 0) is 6.18 Å². The molecule has 2 aromatic carbocycles. The highest BCUT2D eigenvalue weighted by Gasteiger charge is 2.32. The van der Waals surface area contributed by atoms with Gasteiger partial charge in [0.15, 0.2) is 0 Å². The Labute approximate surface area is 190 Å². The third-order valence-electron chi connectivity index (χ3n) is 5.58. The number of hydrogen-bond acceptors (Lipinski definition) is 4. The average molecular weight is 456 g/mol. The van der Waals surface area contributed by atoms with E-state index in [4.69, 9.17) is 0 Å². The van der Waals surface area contributed by atoms with Gasteiger partial charge in [0, 0.05) is 29.7 Å². The predicted octanol–water partition coefficient (Wildman–Crippen LogP) is 6.25. The molecule has 166 valence electrons. The minimum Gasteiger partial charge on any atom is -0.338 e. The minimum absolute atomic E-state index is 0.458. The summed E-state index contributed by atoms with van der Waals surface area (Å²) in [6.45, 7) is 0. The SMILES string of the molecule is FC(F)(F)c1ccc(-c2nc3ccc(-c4ccc5nc(-c6ccncc6)[nH]c5c4)cc3[nH]2)cn1. The number of pyridine rings is 2. The lowest BCUT2D eigenvalue weighted by molar-refractivity contribution is -0.141. The molecular formula is C25H15F3N6. The summed E-state index contributed by atoms with van der Waals surface area (Å²) < 4.78 is 38.4. The maximum atomic E-state index is 12.8. The number of nitrogens with zero attached hydrogens (tertiary/aromatic N) is 4. The molecule has 4 aromatic heterocycles. The van der Waals surface area contributed by atoms with Crippen molar-refractivity contribution in [2.75, 3.05) is 0 Å². The van der Waals surface area contributed by atoms with Crippen LogP contribution in [0.3, 0.4) is 0 Å². The van der Waals surface area contributed by atoms with Crippen LogP contribution in [0.25, 0.3) is 56.0 Å². The first-order valence-corrected chi connectivity index (χ1v) is 10.4. The lowest BCUT2D eigenvalue weighted by atomic mass is 10.0. The van der Waals surface area contributed by atoms with Gasteiger partial charge in [0.05, 0.1) is 22.1 Å². The van der Waals surface area contributed by atoms with Crippen LogP contribution in [-0.4, -0.2) is 29.9 Å². The van der Waals surface area contributed by atoms with Gasteiger partial charge in [0.25, 0.3) is 0 Å². The van der Waals surface area contributed by atoms with E-state index in [2.05, 4.69) is 29.9 Å². The first kappa shape index (κ1) is 20.1. The highest BCUT2D eigenvalue weighted by molar-refractivity contribution is 5.88. The molecule has 6 aromatic rings. The van der Waals surface area contributed by atoms with Gasteiger partial charge in [0.2, 0.25) is 0 Å². The Morgan fingerprint density at radius 3 is 1.71 bits per heavy atom. The highest BCUT2D eigenvalue weighted by Crippen LogP contribution is 2.31. The lowest BCUT2D eigenvalue weighted by Gasteiger charge is -2.05. The molecule has 0 saturated heterocycles. The van der Waals surface area contributed by atoms with Crippen molar-refractivity contribution in [2.24, 2.45) is 0 Å². The van der Waals surface area contributed by atoms with Crippen LogP contribution in [0.1, 0.15) is 5.69 Å². The number of aromatic amines is 2. The van der Waals surface area contributed by atoms with Crippen LogP contribution in [0.15, 0.2) is 79.3 Å². The highest BCUT2D eigenvalue weighted by atomic mass is 19.4. The van der Waals surface area contributed by atoms with E-state index < -0.39 is 11.9 Å². The molecule has 34 heavy (non-hydrogen) atoms. The predicted molar refractivity (Wildman–Crippen MR) is 123 cm³/mol. The fourth-order valence-corrected chi connectivity index (χ4v) is 3.86. The molecule has 0 fully saturated rings. The number of H-pyrrole nitrogens is 2. The number of imidazole rings is 2. The summed E-state index contributed by atoms with van der Waals surface area (Å²) in [5, 5.41) is 0. The topological polar surface area (TPSA) is 83.1 Å². The van der Waals surface area contributed by atoms with Crippen molar-refractivity contribution < 1.29 is 13.2 Å². The summed E-state index contributed by atoms with van der Waals surface area (Å²) >= 11 is 0. The summed E-state index contributed by atoms with van der Waals surface area (Å²) in [4.78, 5) is 23.2. The van der Waals surface area contributed by atoms with E-state index in [1.807, 2.05) is 48.5 Å². The van der Waals surface area contributed by atoms with Gasteiger partial charge in [-0.2, -0.15) is 13.2 Å². The van der Waals surface area contributed by atoms with Crippen molar-refractivity contribution in [3.8, 4) is 33.9 Å². The fourth-order valence-electron chi connectivity index (χ4n) is 3.86. The number of benzene rings is 2. The molecule has 0 bridgehead atoms. The minimum atomic E-state index is -4.48. The van der Waals surface area contributed by atoms with Crippen LogP contribution in [0.2, 0.25) is 0 Å². The second kappa shape index (κ2) is 7.51. The van der Waals surface area contributed by atoms with Crippen LogP contribution in [0, 0.1) is 0 Å². The Balaban J connectivity index is 1.34. The van der Waals surface area contributed by atoms with Gasteiger partial charge in [0.1, 0.15) is 17.3 Å². The largest absolute Gasteiger partial charge is 0.433 e.